The van der Waals surface area contributed by atoms with Crippen LogP contribution < -0.4 is 0 Å². The van der Waals surface area contributed by atoms with Gasteiger partial charge in [0.25, 0.3) is 0 Å². The lowest BCUT2D eigenvalue weighted by molar-refractivity contribution is 1.81. The highest BCUT2D eigenvalue weighted by Crippen LogP contribution is 2.46. The molecule has 0 unspecified atom stereocenters. The van der Waals surface area contributed by atoms with E-state index in [1.54, 1.807) is 0 Å². The lowest BCUT2D eigenvalue weighted by Gasteiger charge is -2.14. The highest BCUT2D eigenvalue weighted by molar-refractivity contribution is 6.41. The van der Waals surface area contributed by atoms with Crippen molar-refractivity contribution in [3.63, 3.8) is 0 Å². The van der Waals surface area contributed by atoms with Gasteiger partial charge in [0.05, 0.1) is 0 Å². The van der Waals surface area contributed by atoms with Gasteiger partial charge in [0.15, 0.2) is 0 Å². The molecule has 0 saturated carbocycles. The lowest BCUT2D eigenvalue weighted by atomic mass is 9.89. The fourth-order valence-corrected chi connectivity index (χ4v) is 4.30. The molecule has 0 aliphatic rings. The average molecular weight is 274 g/mol. The minimum atomic E-state index is 0.994. The van der Waals surface area contributed by atoms with Crippen LogP contribution in [-0.4, -0.2) is 0 Å². The average Bonchev–Trinajstić information content (AvgIpc) is 3.17. The summed E-state index contributed by atoms with van der Waals surface area (Å²) in [6.45, 7) is 0. The van der Waals surface area contributed by atoms with E-state index >= 15 is 0 Å². The molecule has 0 amide bonds. The number of rotatable bonds is 0. The summed E-state index contributed by atoms with van der Waals surface area (Å²) in [5.74, 6) is 2.87. The van der Waals surface area contributed by atoms with Crippen LogP contribution in [0.15, 0.2) is 54.6 Å². The van der Waals surface area contributed by atoms with Crippen molar-refractivity contribution in [1.29, 1.82) is 0 Å². The molecule has 0 radical (unpaired) electrons. The molecule has 6 aromatic carbocycles. The third kappa shape index (κ3) is 0.964. The second-order valence-corrected chi connectivity index (χ2v) is 6.14. The fourth-order valence-electron chi connectivity index (χ4n) is 4.30. The van der Waals surface area contributed by atoms with Gasteiger partial charge < -0.3 is 0 Å². The van der Waals surface area contributed by atoms with Crippen LogP contribution in [0.1, 0.15) is 5.56 Å². The van der Waals surface area contributed by atoms with Crippen molar-refractivity contribution in [3.05, 3.63) is 60.2 Å². The smallest absolute Gasteiger partial charge is 0.0327 e. The van der Waals surface area contributed by atoms with Crippen molar-refractivity contribution in [3.8, 4) is 12.3 Å². The van der Waals surface area contributed by atoms with Crippen molar-refractivity contribution in [2.75, 3.05) is 0 Å². The zero-order valence-corrected chi connectivity index (χ0v) is 11.8. The summed E-state index contributed by atoms with van der Waals surface area (Å²) in [5.41, 5.74) is 0.994. The van der Waals surface area contributed by atoms with Crippen LogP contribution in [0.3, 0.4) is 0 Å². The van der Waals surface area contributed by atoms with E-state index in [2.05, 4.69) is 60.5 Å². The van der Waals surface area contributed by atoms with Gasteiger partial charge in [0.1, 0.15) is 0 Å². The van der Waals surface area contributed by atoms with Crippen molar-refractivity contribution < 1.29 is 0 Å². The van der Waals surface area contributed by atoms with Gasteiger partial charge in [-0.05, 0) is 59.9 Å². The molecule has 0 nitrogen and oxygen atoms in total. The number of fused-ring (bicyclic) bond motifs is 1. The molecule has 0 heteroatoms. The summed E-state index contributed by atoms with van der Waals surface area (Å²) < 4.78 is 0. The maximum absolute atomic E-state index is 5.77. The largest absolute Gasteiger partial charge is 0.115 e. The molecule has 0 aromatic heterocycles. The monoisotopic (exact) mass is 274 g/mol. The molecule has 0 aliphatic heterocycles. The highest BCUT2D eigenvalue weighted by Gasteiger charge is 2.19. The predicted molar refractivity (Wildman–Crippen MR) is 95.5 cm³/mol. The van der Waals surface area contributed by atoms with E-state index < -0.39 is 0 Å². The normalized spacial score (nSPS) is 12.5. The molecule has 0 heterocycles. The molecule has 0 N–H and O–H groups in total. The van der Waals surface area contributed by atoms with E-state index in [0.717, 1.165) is 5.56 Å². The van der Waals surface area contributed by atoms with E-state index in [1.165, 1.54) is 53.9 Å². The predicted octanol–water partition coefficient (Wildman–Crippen LogP) is 5.75. The second kappa shape index (κ2) is 3.24. The lowest BCUT2D eigenvalue weighted by Crippen LogP contribution is -1.87. The van der Waals surface area contributed by atoms with Crippen molar-refractivity contribution >= 4 is 53.9 Å². The number of hydrogen-bond acceptors (Lipinski definition) is 0. The first-order chi connectivity index (χ1) is 10.9. The van der Waals surface area contributed by atoms with Crippen LogP contribution in [0.5, 0.6) is 0 Å². The van der Waals surface area contributed by atoms with Gasteiger partial charge in [-0.2, -0.15) is 0 Å². The van der Waals surface area contributed by atoms with Gasteiger partial charge >= 0.3 is 0 Å². The van der Waals surface area contributed by atoms with Crippen molar-refractivity contribution in [2.24, 2.45) is 0 Å². The molecule has 6 aromatic rings. The van der Waals surface area contributed by atoms with Crippen molar-refractivity contribution in [1.82, 2.24) is 0 Å². The van der Waals surface area contributed by atoms with Gasteiger partial charge in [-0.1, -0.05) is 54.5 Å². The number of terminal acetylenes is 1. The van der Waals surface area contributed by atoms with Crippen LogP contribution in [0.25, 0.3) is 53.9 Å². The van der Waals surface area contributed by atoms with Gasteiger partial charge in [-0.25, -0.2) is 0 Å². The molecule has 98 valence electrons. The quantitative estimate of drug-likeness (QED) is 0.244. The third-order valence-corrected chi connectivity index (χ3v) is 5.19. The number of benzene rings is 4. The zero-order valence-electron chi connectivity index (χ0n) is 11.8. The second-order valence-electron chi connectivity index (χ2n) is 6.14. The maximum Gasteiger partial charge on any atom is 0.0327 e. The minimum Gasteiger partial charge on any atom is -0.115 e. The van der Waals surface area contributed by atoms with Gasteiger partial charge in [0.2, 0.25) is 0 Å². The molecule has 0 aliphatic carbocycles. The van der Waals surface area contributed by atoms with E-state index in [1.807, 2.05) is 0 Å². The molecule has 6 rings (SSSR count). The Morgan fingerprint density at radius 2 is 1.09 bits per heavy atom. The molecule has 0 saturated heterocycles. The Morgan fingerprint density at radius 3 is 1.82 bits per heavy atom. The molecule has 22 heavy (non-hydrogen) atoms. The van der Waals surface area contributed by atoms with Crippen LogP contribution >= 0.6 is 0 Å². The number of hydrogen-bond donors (Lipinski definition) is 0. The third-order valence-electron chi connectivity index (χ3n) is 5.19. The summed E-state index contributed by atoms with van der Waals surface area (Å²) in [4.78, 5) is 0. The highest BCUT2D eigenvalue weighted by atomic mass is 14.2. The summed E-state index contributed by atoms with van der Waals surface area (Å²) in [7, 11) is 0. The molecule has 0 fully saturated rings. The molecule has 0 spiro atoms. The first kappa shape index (κ1) is 10.7. The Balaban J connectivity index is 2.20. The van der Waals surface area contributed by atoms with E-state index in [9.17, 15) is 0 Å². The van der Waals surface area contributed by atoms with Crippen molar-refractivity contribution in [2.45, 2.75) is 0 Å². The van der Waals surface area contributed by atoms with E-state index in [-0.39, 0.29) is 0 Å². The van der Waals surface area contributed by atoms with Gasteiger partial charge in [0, 0.05) is 5.56 Å². The summed E-state index contributed by atoms with van der Waals surface area (Å²) >= 11 is 0. The first-order valence-electron chi connectivity index (χ1n) is 7.51. The molecular weight excluding hydrogens is 264 g/mol. The van der Waals surface area contributed by atoms with Gasteiger partial charge in [-0.3, -0.25) is 0 Å². The first-order valence-corrected chi connectivity index (χ1v) is 7.51. The Morgan fingerprint density at radius 1 is 0.545 bits per heavy atom. The SMILES string of the molecule is C#Cc1cc2ccc3c4ccc5ccc6ccc1c(c23)c6c54. The molecule has 0 atom stereocenters. The summed E-state index contributed by atoms with van der Waals surface area (Å²) in [6.07, 6.45) is 5.77. The van der Waals surface area contributed by atoms with E-state index in [4.69, 9.17) is 6.42 Å². The Bertz CT molecular complexity index is 1360. The Labute approximate surface area is 127 Å². The fraction of sp³-hybridized carbons (Fsp3) is 0. The Kier molecular flexibility index (Phi) is 1.57. The van der Waals surface area contributed by atoms with Crippen LogP contribution in [-0.2, 0) is 0 Å². The zero-order chi connectivity index (χ0) is 14.4. The standard InChI is InChI=1S/C22H10/c1-2-12-11-15-7-10-18-17-9-6-13-3-4-14-5-8-16(12)22(20(15)18)21(14)19(13)17/h1,3-11H. The minimum absolute atomic E-state index is 0.994. The molecule has 0 bridgehead atoms. The van der Waals surface area contributed by atoms with Gasteiger partial charge in [-0.15, -0.1) is 6.42 Å². The van der Waals surface area contributed by atoms with Crippen LogP contribution in [0.4, 0.5) is 0 Å². The van der Waals surface area contributed by atoms with E-state index in [0.29, 0.717) is 0 Å². The van der Waals surface area contributed by atoms with Crippen LogP contribution in [0, 0.1) is 12.3 Å². The summed E-state index contributed by atoms with van der Waals surface area (Å²) in [6, 6.07) is 19.9. The summed E-state index contributed by atoms with van der Waals surface area (Å²) in [5, 5.41) is 13.3. The Hall–Kier alpha value is -3.04. The molecular formula is C22H10. The topological polar surface area (TPSA) is 0 Å². The maximum atomic E-state index is 5.77. The van der Waals surface area contributed by atoms with Crippen LogP contribution in [0.2, 0.25) is 0 Å².